The fourth-order valence-electron chi connectivity index (χ4n) is 1.70. The highest BCUT2D eigenvalue weighted by Gasteiger charge is 2.50. The predicted molar refractivity (Wildman–Crippen MR) is 57.8 cm³/mol. The normalized spacial score (nSPS) is 25.6. The first-order valence-corrected chi connectivity index (χ1v) is 5.36. The van der Waals surface area contributed by atoms with Crippen molar-refractivity contribution >= 4 is 11.9 Å². The summed E-state index contributed by atoms with van der Waals surface area (Å²) in [5.41, 5.74) is -1.34. The number of rotatable bonds is 5. The number of aliphatic hydroxyl groups is 1. The van der Waals surface area contributed by atoms with E-state index >= 15 is 0 Å². The van der Waals surface area contributed by atoms with Crippen molar-refractivity contribution in [2.24, 2.45) is 11.3 Å². The fourth-order valence-corrected chi connectivity index (χ4v) is 1.70. The molecule has 92 valence electrons. The van der Waals surface area contributed by atoms with Crippen molar-refractivity contribution in [3.05, 3.63) is 0 Å². The molecule has 1 saturated carbocycles. The fraction of sp³-hybridized carbons (Fsp3) is 0.818. The zero-order valence-corrected chi connectivity index (χ0v) is 9.91. The predicted octanol–water partition coefficient (Wildman–Crippen LogP) is 0.374. The number of nitrogens with one attached hydrogen (secondary N) is 1. The van der Waals surface area contributed by atoms with E-state index in [9.17, 15) is 14.7 Å². The molecule has 1 aliphatic carbocycles. The molecule has 0 saturated heterocycles. The zero-order chi connectivity index (χ0) is 12.6. The van der Waals surface area contributed by atoms with Crippen LogP contribution >= 0.6 is 0 Å². The first-order chi connectivity index (χ1) is 7.14. The molecular weight excluding hydrogens is 210 g/mol. The summed E-state index contributed by atoms with van der Waals surface area (Å²) in [5, 5.41) is 20.8. The quantitative estimate of drug-likeness (QED) is 0.636. The van der Waals surface area contributed by atoms with Gasteiger partial charge in [0.1, 0.15) is 0 Å². The van der Waals surface area contributed by atoms with E-state index in [1.54, 1.807) is 0 Å². The molecule has 2 atom stereocenters. The van der Waals surface area contributed by atoms with Crippen LogP contribution in [0.2, 0.25) is 0 Å². The molecule has 5 nitrogen and oxygen atoms in total. The first kappa shape index (κ1) is 13.0. The van der Waals surface area contributed by atoms with Crippen molar-refractivity contribution in [1.82, 2.24) is 5.32 Å². The second-order valence-corrected chi connectivity index (χ2v) is 5.53. The lowest BCUT2D eigenvalue weighted by atomic mass is 10.0. The Morgan fingerprint density at radius 1 is 1.50 bits per heavy atom. The molecule has 1 fully saturated rings. The Kier molecular flexibility index (Phi) is 3.28. The van der Waals surface area contributed by atoms with Crippen LogP contribution in [0.5, 0.6) is 0 Å². The summed E-state index contributed by atoms with van der Waals surface area (Å²) in [6.45, 7) is 5.39. The summed E-state index contributed by atoms with van der Waals surface area (Å²) >= 11 is 0. The van der Waals surface area contributed by atoms with Crippen molar-refractivity contribution in [2.75, 3.05) is 6.54 Å². The van der Waals surface area contributed by atoms with Gasteiger partial charge in [0.05, 0.1) is 12.0 Å². The van der Waals surface area contributed by atoms with Gasteiger partial charge in [0.15, 0.2) is 0 Å². The minimum atomic E-state index is -1.39. The van der Waals surface area contributed by atoms with Gasteiger partial charge in [0.2, 0.25) is 5.91 Å². The maximum absolute atomic E-state index is 11.6. The molecule has 1 amide bonds. The van der Waals surface area contributed by atoms with Crippen LogP contribution in [-0.2, 0) is 9.59 Å². The molecule has 0 radical (unpaired) electrons. The van der Waals surface area contributed by atoms with Gasteiger partial charge in [-0.1, -0.05) is 13.8 Å². The van der Waals surface area contributed by atoms with Gasteiger partial charge in [-0.25, -0.2) is 0 Å². The molecular formula is C11H19NO4. The van der Waals surface area contributed by atoms with Crippen LogP contribution in [0.15, 0.2) is 0 Å². The molecule has 1 rings (SSSR count). The summed E-state index contributed by atoms with van der Waals surface area (Å²) in [5.74, 6) is -1.19. The van der Waals surface area contributed by atoms with Gasteiger partial charge in [0.25, 0.3) is 0 Å². The van der Waals surface area contributed by atoms with Gasteiger partial charge in [-0.3, -0.25) is 9.59 Å². The molecule has 0 spiro atoms. The van der Waals surface area contributed by atoms with Crippen LogP contribution in [0.1, 0.15) is 33.6 Å². The van der Waals surface area contributed by atoms with Gasteiger partial charge >= 0.3 is 5.97 Å². The monoisotopic (exact) mass is 229 g/mol. The first-order valence-electron chi connectivity index (χ1n) is 5.36. The van der Waals surface area contributed by atoms with E-state index < -0.39 is 11.6 Å². The maximum atomic E-state index is 11.6. The highest BCUT2D eigenvalue weighted by molar-refractivity contribution is 5.82. The standard InChI is InChI=1S/C11H19NO4/c1-10(2)4-7(10)9(15)12-6-11(3,16)5-8(13)14/h7,16H,4-6H2,1-3H3,(H,12,15)(H,13,14). The van der Waals surface area contributed by atoms with Crippen LogP contribution in [-0.4, -0.2) is 34.2 Å². The Balaban J connectivity index is 2.34. The minimum Gasteiger partial charge on any atom is -0.481 e. The van der Waals surface area contributed by atoms with E-state index in [1.807, 2.05) is 13.8 Å². The Bertz CT molecular complexity index is 309. The highest BCUT2D eigenvalue weighted by atomic mass is 16.4. The van der Waals surface area contributed by atoms with Crippen molar-refractivity contribution in [3.8, 4) is 0 Å². The third-order valence-electron chi connectivity index (χ3n) is 3.01. The molecule has 3 N–H and O–H groups in total. The van der Waals surface area contributed by atoms with Crippen molar-refractivity contribution in [1.29, 1.82) is 0 Å². The van der Waals surface area contributed by atoms with E-state index in [2.05, 4.69) is 5.32 Å². The van der Waals surface area contributed by atoms with E-state index in [0.29, 0.717) is 0 Å². The minimum absolute atomic E-state index is 0.00636. The van der Waals surface area contributed by atoms with Gasteiger partial charge in [-0.2, -0.15) is 0 Å². The second-order valence-electron chi connectivity index (χ2n) is 5.53. The Morgan fingerprint density at radius 3 is 2.38 bits per heavy atom. The molecule has 16 heavy (non-hydrogen) atoms. The number of hydrogen-bond acceptors (Lipinski definition) is 3. The molecule has 2 unspecified atom stereocenters. The van der Waals surface area contributed by atoms with Crippen LogP contribution in [0.25, 0.3) is 0 Å². The number of carbonyl (C=O) groups excluding carboxylic acids is 1. The number of hydrogen-bond donors (Lipinski definition) is 3. The van der Waals surface area contributed by atoms with Crippen molar-refractivity contribution in [3.63, 3.8) is 0 Å². The van der Waals surface area contributed by atoms with E-state index in [0.717, 1.165) is 6.42 Å². The smallest absolute Gasteiger partial charge is 0.306 e. The number of amides is 1. The molecule has 0 heterocycles. The molecule has 0 aromatic carbocycles. The summed E-state index contributed by atoms with van der Waals surface area (Å²) in [6, 6.07) is 0. The summed E-state index contributed by atoms with van der Waals surface area (Å²) < 4.78 is 0. The number of carbonyl (C=O) groups is 2. The number of aliphatic carboxylic acids is 1. The second kappa shape index (κ2) is 4.05. The van der Waals surface area contributed by atoms with Crippen molar-refractivity contribution < 1.29 is 19.8 Å². The summed E-state index contributed by atoms with van der Waals surface area (Å²) in [6.07, 6.45) is 0.473. The molecule has 5 heteroatoms. The van der Waals surface area contributed by atoms with Gasteiger partial charge in [-0.05, 0) is 18.8 Å². The third-order valence-corrected chi connectivity index (χ3v) is 3.01. The lowest BCUT2D eigenvalue weighted by molar-refractivity contribution is -0.142. The molecule has 0 aromatic rings. The summed E-state index contributed by atoms with van der Waals surface area (Å²) in [7, 11) is 0. The highest BCUT2D eigenvalue weighted by Crippen LogP contribution is 2.51. The maximum Gasteiger partial charge on any atom is 0.306 e. The lowest BCUT2D eigenvalue weighted by Gasteiger charge is -2.21. The van der Waals surface area contributed by atoms with E-state index in [4.69, 9.17) is 5.11 Å². The Labute approximate surface area is 94.8 Å². The van der Waals surface area contributed by atoms with Crippen molar-refractivity contribution in [2.45, 2.75) is 39.2 Å². The average Bonchev–Trinajstić information content (AvgIpc) is 2.69. The number of carboxylic acid groups (broad SMARTS) is 1. The molecule has 0 aromatic heterocycles. The third kappa shape index (κ3) is 3.48. The van der Waals surface area contributed by atoms with E-state index in [-0.39, 0.29) is 30.2 Å². The van der Waals surface area contributed by atoms with Crippen LogP contribution in [0.4, 0.5) is 0 Å². The molecule has 0 aliphatic heterocycles. The topological polar surface area (TPSA) is 86.6 Å². The van der Waals surface area contributed by atoms with E-state index in [1.165, 1.54) is 6.92 Å². The average molecular weight is 229 g/mol. The zero-order valence-electron chi connectivity index (χ0n) is 9.91. The molecule has 0 bridgehead atoms. The number of carboxylic acids is 1. The van der Waals surface area contributed by atoms with Crippen LogP contribution in [0, 0.1) is 11.3 Å². The van der Waals surface area contributed by atoms with Gasteiger partial charge in [0, 0.05) is 12.5 Å². The molecule has 1 aliphatic rings. The van der Waals surface area contributed by atoms with Crippen LogP contribution < -0.4 is 5.32 Å². The largest absolute Gasteiger partial charge is 0.481 e. The Hall–Kier alpha value is -1.10. The Morgan fingerprint density at radius 2 is 2.00 bits per heavy atom. The van der Waals surface area contributed by atoms with Gasteiger partial charge < -0.3 is 15.5 Å². The van der Waals surface area contributed by atoms with Gasteiger partial charge in [-0.15, -0.1) is 0 Å². The lowest BCUT2D eigenvalue weighted by Crippen LogP contribution is -2.42. The van der Waals surface area contributed by atoms with Crippen LogP contribution in [0.3, 0.4) is 0 Å². The SMILES string of the molecule is CC(O)(CNC(=O)C1CC1(C)C)CC(=O)O. The summed E-state index contributed by atoms with van der Waals surface area (Å²) in [4.78, 5) is 22.0.